The Balaban J connectivity index is 1.44. The predicted octanol–water partition coefficient (Wildman–Crippen LogP) is 3.44. The van der Waals surface area contributed by atoms with Gasteiger partial charge in [0.1, 0.15) is 0 Å². The maximum absolute atomic E-state index is 11.9. The second-order valence-corrected chi connectivity index (χ2v) is 5.51. The highest BCUT2D eigenvalue weighted by Gasteiger charge is 2.09. The van der Waals surface area contributed by atoms with Gasteiger partial charge >= 0.3 is 0 Å². The Morgan fingerprint density at radius 3 is 2.58 bits per heavy atom. The molecule has 1 N–H and O–H groups in total. The zero-order valence-electron chi connectivity index (χ0n) is 14.5. The Bertz CT molecular complexity index is 846. The molecule has 6 heteroatoms. The molecule has 2 aromatic carbocycles. The van der Waals surface area contributed by atoms with Crippen LogP contribution in [-0.4, -0.2) is 24.6 Å². The number of amides is 1. The van der Waals surface area contributed by atoms with Gasteiger partial charge in [0.25, 0.3) is 0 Å². The summed E-state index contributed by atoms with van der Waals surface area (Å²) < 4.78 is 16.4. The monoisotopic (exact) mass is 352 g/mol. The fraction of sp³-hybridized carbons (Fsp3) is 0.200. The van der Waals surface area contributed by atoms with E-state index in [0.717, 1.165) is 5.56 Å². The number of ether oxygens (including phenoxy) is 2. The van der Waals surface area contributed by atoms with E-state index in [-0.39, 0.29) is 25.5 Å². The van der Waals surface area contributed by atoms with Crippen molar-refractivity contribution in [3.8, 4) is 22.8 Å². The van der Waals surface area contributed by atoms with E-state index < -0.39 is 0 Å². The van der Waals surface area contributed by atoms with Gasteiger partial charge in [-0.1, -0.05) is 42.5 Å². The number of carbonyl (C=O) groups is 1. The first-order valence-electron chi connectivity index (χ1n) is 8.29. The minimum Gasteiger partial charge on any atom is -0.493 e. The minimum absolute atomic E-state index is 0.139. The number of hydrogen-bond acceptors (Lipinski definition) is 5. The third kappa shape index (κ3) is 4.63. The van der Waals surface area contributed by atoms with Crippen molar-refractivity contribution in [2.24, 2.45) is 0 Å². The number of nitrogens with one attached hydrogen (secondary N) is 1. The minimum atomic E-state index is -0.139. The molecule has 0 aliphatic carbocycles. The lowest BCUT2D eigenvalue weighted by molar-refractivity contribution is -0.121. The third-order valence-corrected chi connectivity index (χ3v) is 3.70. The van der Waals surface area contributed by atoms with Crippen molar-refractivity contribution < 1.29 is 18.7 Å². The molecule has 0 aliphatic heterocycles. The van der Waals surface area contributed by atoms with Crippen LogP contribution in [-0.2, 0) is 11.3 Å². The average molecular weight is 352 g/mol. The first kappa shape index (κ1) is 17.5. The van der Waals surface area contributed by atoms with Crippen molar-refractivity contribution in [3.63, 3.8) is 0 Å². The first-order valence-corrected chi connectivity index (χ1v) is 8.29. The summed E-state index contributed by atoms with van der Waals surface area (Å²) in [5.41, 5.74) is 0.947. The molecule has 0 bridgehead atoms. The van der Waals surface area contributed by atoms with Crippen molar-refractivity contribution in [1.82, 2.24) is 10.3 Å². The summed E-state index contributed by atoms with van der Waals surface area (Å²) >= 11 is 0. The van der Waals surface area contributed by atoms with Crippen LogP contribution < -0.4 is 14.8 Å². The average Bonchev–Trinajstić information content (AvgIpc) is 3.16. The van der Waals surface area contributed by atoms with Gasteiger partial charge in [0.2, 0.25) is 11.8 Å². The van der Waals surface area contributed by atoms with Crippen LogP contribution >= 0.6 is 0 Å². The van der Waals surface area contributed by atoms with E-state index in [4.69, 9.17) is 13.9 Å². The highest BCUT2D eigenvalue weighted by Crippen LogP contribution is 2.25. The van der Waals surface area contributed by atoms with E-state index in [1.165, 1.54) is 0 Å². The Kier molecular flexibility index (Phi) is 5.88. The van der Waals surface area contributed by atoms with Crippen LogP contribution in [0.2, 0.25) is 0 Å². The van der Waals surface area contributed by atoms with Gasteiger partial charge in [0.05, 0.1) is 32.9 Å². The Morgan fingerprint density at radius 1 is 1.08 bits per heavy atom. The van der Waals surface area contributed by atoms with Crippen LogP contribution in [0.15, 0.2) is 65.2 Å². The van der Waals surface area contributed by atoms with Crippen LogP contribution in [0.1, 0.15) is 12.3 Å². The normalized spacial score (nSPS) is 10.3. The highest BCUT2D eigenvalue weighted by atomic mass is 16.5. The summed E-state index contributed by atoms with van der Waals surface area (Å²) in [6.07, 6.45) is 1.88. The van der Waals surface area contributed by atoms with Crippen LogP contribution in [0.4, 0.5) is 0 Å². The summed E-state index contributed by atoms with van der Waals surface area (Å²) in [5.74, 6) is 2.25. The smallest absolute Gasteiger partial charge is 0.223 e. The molecule has 1 heterocycles. The second-order valence-electron chi connectivity index (χ2n) is 5.51. The molecule has 1 amide bonds. The predicted molar refractivity (Wildman–Crippen MR) is 96.9 cm³/mol. The van der Waals surface area contributed by atoms with Crippen molar-refractivity contribution in [2.75, 3.05) is 13.7 Å². The quantitative estimate of drug-likeness (QED) is 0.672. The number of methoxy groups -OCH3 is 1. The van der Waals surface area contributed by atoms with E-state index in [2.05, 4.69) is 10.3 Å². The zero-order chi connectivity index (χ0) is 18.2. The number of nitrogens with zero attached hydrogens (tertiary/aromatic N) is 1. The Morgan fingerprint density at radius 2 is 1.81 bits per heavy atom. The van der Waals surface area contributed by atoms with Gasteiger partial charge in [0, 0.05) is 5.56 Å². The van der Waals surface area contributed by atoms with Gasteiger partial charge in [-0.3, -0.25) is 4.79 Å². The lowest BCUT2D eigenvalue weighted by Gasteiger charge is -2.10. The summed E-state index contributed by atoms with van der Waals surface area (Å²) in [5, 5.41) is 2.77. The molecule has 0 saturated carbocycles. The maximum Gasteiger partial charge on any atom is 0.223 e. The Labute approximate surface area is 151 Å². The molecular weight excluding hydrogens is 332 g/mol. The van der Waals surface area contributed by atoms with Gasteiger partial charge in [0.15, 0.2) is 17.3 Å². The van der Waals surface area contributed by atoms with E-state index in [1.54, 1.807) is 19.4 Å². The summed E-state index contributed by atoms with van der Waals surface area (Å²) in [7, 11) is 1.58. The molecule has 3 aromatic rings. The highest BCUT2D eigenvalue weighted by molar-refractivity contribution is 5.75. The number of para-hydroxylation sites is 2. The van der Waals surface area contributed by atoms with Crippen LogP contribution in [0.5, 0.6) is 11.5 Å². The van der Waals surface area contributed by atoms with Crippen molar-refractivity contribution in [2.45, 2.75) is 13.0 Å². The number of benzene rings is 2. The largest absolute Gasteiger partial charge is 0.493 e. The van der Waals surface area contributed by atoms with Crippen molar-refractivity contribution in [1.29, 1.82) is 0 Å². The van der Waals surface area contributed by atoms with Gasteiger partial charge < -0.3 is 19.2 Å². The van der Waals surface area contributed by atoms with Gasteiger partial charge in [-0.05, 0) is 12.1 Å². The summed E-state index contributed by atoms with van der Waals surface area (Å²) in [4.78, 5) is 16.1. The van der Waals surface area contributed by atoms with E-state index >= 15 is 0 Å². The van der Waals surface area contributed by atoms with E-state index in [9.17, 15) is 4.79 Å². The van der Waals surface area contributed by atoms with Crippen LogP contribution in [0.25, 0.3) is 11.3 Å². The molecule has 0 spiro atoms. The molecular formula is C20H20N2O4. The number of carbonyl (C=O) groups excluding carboxylic acids is 1. The lowest BCUT2D eigenvalue weighted by atomic mass is 10.2. The second kappa shape index (κ2) is 8.71. The molecule has 3 rings (SSSR count). The number of aromatic nitrogens is 1. The summed E-state index contributed by atoms with van der Waals surface area (Å²) in [6.45, 7) is 0.493. The molecule has 0 atom stereocenters. The van der Waals surface area contributed by atoms with Crippen LogP contribution in [0, 0.1) is 0 Å². The molecule has 134 valence electrons. The molecule has 0 aliphatic rings. The third-order valence-electron chi connectivity index (χ3n) is 3.70. The fourth-order valence-corrected chi connectivity index (χ4v) is 2.38. The van der Waals surface area contributed by atoms with Crippen molar-refractivity contribution >= 4 is 5.91 Å². The SMILES string of the molecule is COc1ccccc1OCCC(=O)NCc1ncc(-c2ccccc2)o1. The molecule has 0 saturated heterocycles. The van der Waals surface area contributed by atoms with Gasteiger partial charge in [-0.25, -0.2) is 4.98 Å². The number of oxazole rings is 1. The first-order chi connectivity index (χ1) is 12.8. The summed E-state index contributed by atoms with van der Waals surface area (Å²) in [6, 6.07) is 17.0. The topological polar surface area (TPSA) is 73.6 Å². The maximum atomic E-state index is 11.9. The lowest BCUT2D eigenvalue weighted by Crippen LogP contribution is -2.24. The van der Waals surface area contributed by atoms with Gasteiger partial charge in [-0.15, -0.1) is 0 Å². The fourth-order valence-electron chi connectivity index (χ4n) is 2.38. The van der Waals surface area contributed by atoms with E-state index in [0.29, 0.717) is 23.1 Å². The van der Waals surface area contributed by atoms with Gasteiger partial charge in [-0.2, -0.15) is 0 Å². The molecule has 0 unspecified atom stereocenters. The van der Waals surface area contributed by atoms with Crippen LogP contribution in [0.3, 0.4) is 0 Å². The van der Waals surface area contributed by atoms with Crippen molar-refractivity contribution in [3.05, 3.63) is 66.7 Å². The Hall–Kier alpha value is -3.28. The molecule has 0 fully saturated rings. The zero-order valence-corrected chi connectivity index (χ0v) is 14.5. The van der Waals surface area contributed by atoms with E-state index in [1.807, 2.05) is 48.5 Å². The molecule has 26 heavy (non-hydrogen) atoms. The standard InChI is InChI=1S/C20H20N2O4/c1-24-16-9-5-6-10-17(16)25-12-11-19(23)21-14-20-22-13-18(26-20)15-7-3-2-4-8-15/h2-10,13H,11-12,14H2,1H3,(H,21,23). The molecule has 0 radical (unpaired) electrons. The molecule has 6 nitrogen and oxygen atoms in total. The number of hydrogen-bond donors (Lipinski definition) is 1. The molecule has 1 aromatic heterocycles. The number of rotatable bonds is 8.